The van der Waals surface area contributed by atoms with Crippen LogP contribution in [0.5, 0.6) is 0 Å². The van der Waals surface area contributed by atoms with Crippen LogP contribution in [0.2, 0.25) is 5.02 Å². The highest BCUT2D eigenvalue weighted by Crippen LogP contribution is 2.34. The number of rotatable bonds is 1. The highest BCUT2D eigenvalue weighted by molar-refractivity contribution is 7.22. The lowest BCUT2D eigenvalue weighted by Gasteiger charge is -1.95. The van der Waals surface area contributed by atoms with E-state index in [2.05, 4.69) is 9.97 Å². The number of aromatic nitrogens is 2. The lowest BCUT2D eigenvalue weighted by molar-refractivity contribution is 1.33. The Morgan fingerprint density at radius 2 is 2.06 bits per heavy atom. The predicted octanol–water partition coefficient (Wildman–Crippen LogP) is 3.59. The van der Waals surface area contributed by atoms with Crippen LogP contribution in [0.4, 0.5) is 5.82 Å². The molecular formula is C12H8ClN3S. The number of thiazole rings is 1. The molecule has 2 heterocycles. The molecule has 0 radical (unpaired) electrons. The van der Waals surface area contributed by atoms with Crippen LogP contribution in [0.3, 0.4) is 0 Å². The second-order valence-corrected chi connectivity index (χ2v) is 4.99. The summed E-state index contributed by atoms with van der Waals surface area (Å²) in [7, 11) is 0. The number of hydrogen-bond donors (Lipinski definition) is 1. The van der Waals surface area contributed by atoms with Gasteiger partial charge in [-0.2, -0.15) is 0 Å². The predicted molar refractivity (Wildman–Crippen MR) is 72.3 cm³/mol. The van der Waals surface area contributed by atoms with E-state index in [-0.39, 0.29) is 0 Å². The summed E-state index contributed by atoms with van der Waals surface area (Å²) in [6.45, 7) is 0. The molecule has 0 fully saturated rings. The Balaban J connectivity index is 2.18. The lowest BCUT2D eigenvalue weighted by Crippen LogP contribution is -1.88. The molecule has 0 saturated carbocycles. The Kier molecular flexibility index (Phi) is 2.46. The number of nitrogen functional groups attached to an aromatic ring is 1. The van der Waals surface area contributed by atoms with Crippen molar-refractivity contribution in [2.75, 3.05) is 5.73 Å². The maximum Gasteiger partial charge on any atom is 0.126 e. The summed E-state index contributed by atoms with van der Waals surface area (Å²) in [5.41, 5.74) is 7.42. The van der Waals surface area contributed by atoms with Crippen molar-refractivity contribution < 1.29 is 0 Å². The third-order valence-electron chi connectivity index (χ3n) is 2.40. The molecule has 1 aromatic carbocycles. The van der Waals surface area contributed by atoms with Crippen LogP contribution >= 0.6 is 22.9 Å². The molecule has 84 valence electrons. The number of pyridine rings is 1. The van der Waals surface area contributed by atoms with Crippen molar-refractivity contribution in [1.82, 2.24) is 9.97 Å². The van der Waals surface area contributed by atoms with E-state index in [0.29, 0.717) is 5.82 Å². The SMILES string of the molecule is Nc1ccc(-c2nc3cccc(Cl)c3s2)cn1. The van der Waals surface area contributed by atoms with Gasteiger partial charge in [-0.05, 0) is 24.3 Å². The van der Waals surface area contributed by atoms with Gasteiger partial charge in [-0.25, -0.2) is 9.97 Å². The molecule has 17 heavy (non-hydrogen) atoms. The first-order valence-corrected chi connectivity index (χ1v) is 6.20. The molecule has 3 rings (SSSR count). The average molecular weight is 262 g/mol. The Labute approximate surface area is 107 Å². The van der Waals surface area contributed by atoms with Crippen molar-refractivity contribution in [3.63, 3.8) is 0 Å². The zero-order valence-electron chi connectivity index (χ0n) is 8.72. The van der Waals surface area contributed by atoms with E-state index < -0.39 is 0 Å². The first-order chi connectivity index (χ1) is 8.24. The summed E-state index contributed by atoms with van der Waals surface area (Å²) in [4.78, 5) is 8.59. The molecule has 0 aliphatic carbocycles. The van der Waals surface area contributed by atoms with Crippen molar-refractivity contribution in [3.8, 4) is 10.6 Å². The first-order valence-electron chi connectivity index (χ1n) is 5.01. The van der Waals surface area contributed by atoms with Gasteiger partial charge in [0.15, 0.2) is 0 Å². The molecule has 3 aromatic rings. The van der Waals surface area contributed by atoms with Gasteiger partial charge in [0.05, 0.1) is 15.2 Å². The van der Waals surface area contributed by atoms with E-state index in [1.807, 2.05) is 24.3 Å². The molecule has 0 saturated heterocycles. The van der Waals surface area contributed by atoms with Gasteiger partial charge in [0.25, 0.3) is 0 Å². The molecule has 0 aliphatic heterocycles. The van der Waals surface area contributed by atoms with Gasteiger partial charge in [-0.1, -0.05) is 17.7 Å². The van der Waals surface area contributed by atoms with Crippen molar-refractivity contribution in [1.29, 1.82) is 0 Å². The molecule has 0 unspecified atom stereocenters. The zero-order valence-corrected chi connectivity index (χ0v) is 10.3. The monoisotopic (exact) mass is 261 g/mol. The fourth-order valence-corrected chi connectivity index (χ4v) is 2.82. The van der Waals surface area contributed by atoms with Gasteiger partial charge >= 0.3 is 0 Å². The quantitative estimate of drug-likeness (QED) is 0.728. The molecule has 0 spiro atoms. The molecule has 0 amide bonds. The van der Waals surface area contributed by atoms with Crippen LogP contribution < -0.4 is 5.73 Å². The number of hydrogen-bond acceptors (Lipinski definition) is 4. The molecule has 0 aliphatic rings. The number of benzene rings is 1. The Bertz CT molecular complexity index is 676. The van der Waals surface area contributed by atoms with Crippen molar-refractivity contribution in [2.45, 2.75) is 0 Å². The minimum absolute atomic E-state index is 0.507. The number of nitrogens with two attached hydrogens (primary N) is 1. The first kappa shape index (κ1) is 10.5. The van der Waals surface area contributed by atoms with Crippen LogP contribution in [-0.4, -0.2) is 9.97 Å². The number of fused-ring (bicyclic) bond motifs is 1. The van der Waals surface area contributed by atoms with Crippen LogP contribution in [-0.2, 0) is 0 Å². The third-order valence-corrected chi connectivity index (χ3v) is 3.98. The number of halogens is 1. The van der Waals surface area contributed by atoms with Crippen LogP contribution in [0.1, 0.15) is 0 Å². The minimum Gasteiger partial charge on any atom is -0.384 e. The normalized spacial score (nSPS) is 10.9. The summed E-state index contributed by atoms with van der Waals surface area (Å²) in [5, 5.41) is 1.63. The minimum atomic E-state index is 0.507. The highest BCUT2D eigenvalue weighted by atomic mass is 35.5. The molecule has 3 nitrogen and oxygen atoms in total. The van der Waals surface area contributed by atoms with Crippen molar-refractivity contribution in [2.24, 2.45) is 0 Å². The van der Waals surface area contributed by atoms with Gasteiger partial charge in [0, 0.05) is 11.8 Å². The van der Waals surface area contributed by atoms with Gasteiger partial charge in [-0.15, -0.1) is 11.3 Å². The lowest BCUT2D eigenvalue weighted by atomic mass is 10.3. The molecular weight excluding hydrogens is 254 g/mol. The van der Waals surface area contributed by atoms with Crippen LogP contribution in [0.15, 0.2) is 36.5 Å². The van der Waals surface area contributed by atoms with Crippen LogP contribution in [0.25, 0.3) is 20.8 Å². The second-order valence-electron chi connectivity index (χ2n) is 3.58. The standard InChI is InChI=1S/C12H8ClN3S/c13-8-2-1-3-9-11(8)17-12(16-9)7-4-5-10(14)15-6-7/h1-6H,(H2,14,15). The summed E-state index contributed by atoms with van der Waals surface area (Å²) in [5.74, 6) is 0.507. The van der Waals surface area contributed by atoms with Gasteiger partial charge in [0.2, 0.25) is 0 Å². The van der Waals surface area contributed by atoms with Crippen LogP contribution in [0, 0.1) is 0 Å². The molecule has 5 heteroatoms. The van der Waals surface area contributed by atoms with Crippen molar-refractivity contribution >= 4 is 39.0 Å². The summed E-state index contributed by atoms with van der Waals surface area (Å²) >= 11 is 7.68. The van der Waals surface area contributed by atoms with Gasteiger partial charge in [-0.3, -0.25) is 0 Å². The molecule has 0 bridgehead atoms. The Morgan fingerprint density at radius 1 is 1.18 bits per heavy atom. The van der Waals surface area contributed by atoms with E-state index in [4.69, 9.17) is 17.3 Å². The molecule has 2 aromatic heterocycles. The topological polar surface area (TPSA) is 51.8 Å². The van der Waals surface area contributed by atoms with Gasteiger partial charge in [0.1, 0.15) is 10.8 Å². The summed E-state index contributed by atoms with van der Waals surface area (Å²) in [6.07, 6.45) is 1.72. The van der Waals surface area contributed by atoms with Crippen molar-refractivity contribution in [3.05, 3.63) is 41.6 Å². The fraction of sp³-hybridized carbons (Fsp3) is 0. The largest absolute Gasteiger partial charge is 0.384 e. The van der Waals surface area contributed by atoms with E-state index in [0.717, 1.165) is 25.8 Å². The number of anilines is 1. The van der Waals surface area contributed by atoms with E-state index in [1.54, 1.807) is 23.6 Å². The fourth-order valence-electron chi connectivity index (χ4n) is 1.57. The van der Waals surface area contributed by atoms with E-state index in [1.165, 1.54) is 0 Å². The second kappa shape index (κ2) is 3.98. The van der Waals surface area contributed by atoms with E-state index >= 15 is 0 Å². The third kappa shape index (κ3) is 1.85. The maximum atomic E-state index is 6.12. The Morgan fingerprint density at radius 3 is 2.76 bits per heavy atom. The Hall–Kier alpha value is -1.65. The maximum absolute atomic E-state index is 6.12. The smallest absolute Gasteiger partial charge is 0.126 e. The highest BCUT2D eigenvalue weighted by Gasteiger charge is 2.08. The average Bonchev–Trinajstić information content (AvgIpc) is 2.75. The molecule has 0 atom stereocenters. The summed E-state index contributed by atoms with van der Waals surface area (Å²) in [6, 6.07) is 9.39. The van der Waals surface area contributed by atoms with Gasteiger partial charge < -0.3 is 5.73 Å². The zero-order chi connectivity index (χ0) is 11.8. The number of nitrogens with zero attached hydrogens (tertiary/aromatic N) is 2. The molecule has 2 N–H and O–H groups in total. The van der Waals surface area contributed by atoms with E-state index in [9.17, 15) is 0 Å². The summed E-state index contributed by atoms with van der Waals surface area (Å²) < 4.78 is 1.00.